The first kappa shape index (κ1) is 23.5. The van der Waals surface area contributed by atoms with Crippen molar-refractivity contribution in [2.75, 3.05) is 5.73 Å². The van der Waals surface area contributed by atoms with E-state index in [4.69, 9.17) is 27.3 Å². The van der Waals surface area contributed by atoms with E-state index >= 15 is 0 Å². The van der Waals surface area contributed by atoms with E-state index in [-0.39, 0.29) is 17.1 Å². The molecule has 12 heteroatoms. The molecule has 0 fully saturated rings. The summed E-state index contributed by atoms with van der Waals surface area (Å²) in [5.41, 5.74) is 9.21. The third-order valence-corrected chi connectivity index (χ3v) is 5.52. The molecule has 0 aliphatic carbocycles. The normalized spacial score (nSPS) is 11.8. The van der Waals surface area contributed by atoms with Crippen molar-refractivity contribution >= 4 is 28.6 Å². The monoisotopic (exact) mass is 510 g/mol. The van der Waals surface area contributed by atoms with E-state index < -0.39 is 11.9 Å². The molecular weight excluding hydrogens is 494 g/mol. The molecule has 0 saturated carbocycles. The summed E-state index contributed by atoms with van der Waals surface area (Å²) >= 11 is 5.60. The van der Waals surface area contributed by atoms with Crippen LogP contribution in [0, 0.1) is 0 Å². The predicted molar refractivity (Wildman–Crippen MR) is 128 cm³/mol. The lowest BCUT2D eigenvalue weighted by molar-refractivity contribution is -0.0902. The van der Waals surface area contributed by atoms with Gasteiger partial charge in [-0.15, -0.1) is 0 Å². The average molecular weight is 511 g/mol. The van der Waals surface area contributed by atoms with Crippen molar-refractivity contribution < 1.29 is 23.7 Å². The molecule has 9 nitrogen and oxygen atoms in total. The van der Waals surface area contributed by atoms with Gasteiger partial charge >= 0.3 is 6.61 Å². The molecule has 5 aromatic rings. The molecule has 0 saturated heterocycles. The van der Waals surface area contributed by atoms with Crippen LogP contribution in [0.3, 0.4) is 0 Å². The zero-order valence-electron chi connectivity index (χ0n) is 18.3. The Morgan fingerprint density at radius 2 is 1.69 bits per heavy atom. The van der Waals surface area contributed by atoms with Crippen LogP contribution in [-0.2, 0) is 5.25 Å². The molecule has 182 valence electrons. The summed E-state index contributed by atoms with van der Waals surface area (Å²) < 4.78 is 31.0. The number of hydrogen-bond donors (Lipinski definition) is 3. The number of rotatable bonds is 6. The van der Waals surface area contributed by atoms with Gasteiger partial charge in [-0.1, -0.05) is 23.7 Å². The van der Waals surface area contributed by atoms with Gasteiger partial charge in [0.2, 0.25) is 0 Å². The van der Waals surface area contributed by atoms with E-state index in [0.717, 1.165) is 0 Å². The number of nitrogens with two attached hydrogens (primary N) is 1. The topological polar surface area (TPSA) is 132 Å². The van der Waals surface area contributed by atoms with Gasteiger partial charge in [-0.2, -0.15) is 8.78 Å². The van der Waals surface area contributed by atoms with Crippen LogP contribution in [0.15, 0.2) is 73.1 Å². The number of benzene rings is 1. The summed E-state index contributed by atoms with van der Waals surface area (Å²) in [6, 6.07) is 16.0. The highest BCUT2D eigenvalue weighted by Gasteiger charge is 2.23. The largest absolute Gasteiger partial charge is 0.433 e. The van der Waals surface area contributed by atoms with Crippen LogP contribution in [0.5, 0.6) is 5.75 Å². The van der Waals surface area contributed by atoms with Crippen LogP contribution in [0.25, 0.3) is 39.6 Å². The quantitative estimate of drug-likeness (QED) is 0.230. The second kappa shape index (κ2) is 9.11. The Bertz CT molecular complexity index is 1540. The minimum atomic E-state index is -2.95. The van der Waals surface area contributed by atoms with Gasteiger partial charge in [0.1, 0.15) is 17.1 Å². The standard InChI is InChI=1S/C24H17ClF2N6O3/c25-24(34,35)13-3-5-14(6-4-13)33-21(16-2-1-11-29-20(16)28)32-19-10-9-18(31-22(19)33)17-8-7-15(12-30-17)36-23(26)27/h1-12,23,34-35H,(H2,28,29). The second-order valence-corrected chi connectivity index (χ2v) is 8.16. The average Bonchev–Trinajstić information content (AvgIpc) is 3.22. The number of nitrogens with zero attached hydrogens (tertiary/aromatic N) is 5. The summed E-state index contributed by atoms with van der Waals surface area (Å²) in [4.78, 5) is 17.8. The van der Waals surface area contributed by atoms with Crippen LogP contribution < -0.4 is 10.5 Å². The Balaban J connectivity index is 1.68. The number of ether oxygens (including phenoxy) is 1. The van der Waals surface area contributed by atoms with Gasteiger partial charge in [-0.25, -0.2) is 15.0 Å². The Hall–Kier alpha value is -4.19. The van der Waals surface area contributed by atoms with Crippen molar-refractivity contribution in [1.82, 2.24) is 24.5 Å². The molecule has 0 unspecified atom stereocenters. The first-order valence-electron chi connectivity index (χ1n) is 10.5. The lowest BCUT2D eigenvalue weighted by Crippen LogP contribution is -2.16. The number of alkyl halides is 3. The van der Waals surface area contributed by atoms with E-state index in [2.05, 4.69) is 14.7 Å². The van der Waals surface area contributed by atoms with Gasteiger partial charge < -0.3 is 20.7 Å². The maximum absolute atomic E-state index is 12.5. The maximum atomic E-state index is 12.5. The molecule has 0 aliphatic heterocycles. The Morgan fingerprint density at radius 1 is 0.944 bits per heavy atom. The molecule has 0 amide bonds. The molecular formula is C24H17ClF2N6O3. The van der Waals surface area contributed by atoms with E-state index in [1.54, 1.807) is 47.2 Å². The maximum Gasteiger partial charge on any atom is 0.387 e. The summed E-state index contributed by atoms with van der Waals surface area (Å²) in [5.74, 6) is 0.636. The first-order chi connectivity index (χ1) is 17.2. The summed E-state index contributed by atoms with van der Waals surface area (Å²) in [5, 5.41) is 16.9. The van der Waals surface area contributed by atoms with E-state index in [9.17, 15) is 19.0 Å². The molecule has 0 spiro atoms. The molecule has 1 aromatic carbocycles. The summed E-state index contributed by atoms with van der Waals surface area (Å²) in [7, 11) is 0. The van der Waals surface area contributed by atoms with Gasteiger partial charge in [0.25, 0.3) is 5.25 Å². The summed E-state index contributed by atoms with van der Waals surface area (Å²) in [6.45, 7) is -2.95. The van der Waals surface area contributed by atoms with Crippen LogP contribution in [-0.4, -0.2) is 41.3 Å². The molecule has 4 N–H and O–H groups in total. The molecule has 4 heterocycles. The van der Waals surface area contributed by atoms with Crippen molar-refractivity contribution in [2.24, 2.45) is 0 Å². The SMILES string of the molecule is Nc1ncccc1-c1nc2ccc(-c3ccc(OC(F)F)cn3)nc2n1-c1ccc(C(O)(O)Cl)cc1. The third-order valence-electron chi connectivity index (χ3n) is 5.30. The zero-order valence-corrected chi connectivity index (χ0v) is 19.0. The third kappa shape index (κ3) is 4.54. The smallest absolute Gasteiger partial charge is 0.387 e. The fourth-order valence-corrected chi connectivity index (χ4v) is 3.78. The van der Waals surface area contributed by atoms with Crippen LogP contribution >= 0.6 is 11.6 Å². The Morgan fingerprint density at radius 3 is 2.33 bits per heavy atom. The number of pyridine rings is 3. The van der Waals surface area contributed by atoms with Gasteiger partial charge in [-0.05, 0) is 48.5 Å². The van der Waals surface area contributed by atoms with Crippen LogP contribution in [0.2, 0.25) is 0 Å². The Labute approximate surface area is 207 Å². The fourth-order valence-electron chi connectivity index (χ4n) is 3.66. The van der Waals surface area contributed by atoms with E-state index in [1.165, 1.54) is 30.5 Å². The minimum absolute atomic E-state index is 0.0718. The van der Waals surface area contributed by atoms with E-state index in [0.29, 0.717) is 39.6 Å². The van der Waals surface area contributed by atoms with Crippen molar-refractivity contribution in [3.8, 4) is 34.2 Å². The van der Waals surface area contributed by atoms with Crippen molar-refractivity contribution in [3.63, 3.8) is 0 Å². The molecule has 4 aromatic heterocycles. The number of anilines is 1. The fraction of sp³-hybridized carbons (Fsp3) is 0.0833. The van der Waals surface area contributed by atoms with Crippen molar-refractivity contribution in [1.29, 1.82) is 0 Å². The highest BCUT2D eigenvalue weighted by molar-refractivity contribution is 6.21. The predicted octanol–water partition coefficient (Wildman–Crippen LogP) is 4.06. The number of hydrogen-bond acceptors (Lipinski definition) is 8. The van der Waals surface area contributed by atoms with Gasteiger partial charge in [0.15, 0.2) is 11.5 Å². The number of nitrogen functional groups attached to an aromatic ring is 1. The van der Waals surface area contributed by atoms with Gasteiger partial charge in [0, 0.05) is 17.4 Å². The zero-order chi connectivity index (χ0) is 25.4. The van der Waals surface area contributed by atoms with Crippen LogP contribution in [0.4, 0.5) is 14.6 Å². The molecule has 0 bridgehead atoms. The number of fused-ring (bicyclic) bond motifs is 1. The molecule has 0 atom stereocenters. The second-order valence-electron chi connectivity index (χ2n) is 7.64. The number of aromatic nitrogens is 5. The molecule has 36 heavy (non-hydrogen) atoms. The van der Waals surface area contributed by atoms with Crippen molar-refractivity contribution in [3.05, 3.63) is 78.6 Å². The van der Waals surface area contributed by atoms with Gasteiger partial charge in [-0.3, -0.25) is 9.55 Å². The van der Waals surface area contributed by atoms with Gasteiger partial charge in [0.05, 0.1) is 23.1 Å². The Kier molecular flexibility index (Phi) is 5.96. The number of halogens is 3. The number of aliphatic hydroxyl groups is 2. The lowest BCUT2D eigenvalue weighted by Gasteiger charge is -2.15. The summed E-state index contributed by atoms with van der Waals surface area (Å²) in [6.07, 6.45) is 2.75. The minimum Gasteiger partial charge on any atom is -0.433 e. The van der Waals surface area contributed by atoms with E-state index in [1.807, 2.05) is 0 Å². The highest BCUT2D eigenvalue weighted by atomic mass is 35.5. The first-order valence-corrected chi connectivity index (χ1v) is 10.8. The lowest BCUT2D eigenvalue weighted by atomic mass is 10.2. The van der Waals surface area contributed by atoms with Crippen LogP contribution in [0.1, 0.15) is 5.56 Å². The van der Waals surface area contributed by atoms with Crippen molar-refractivity contribution in [2.45, 2.75) is 11.9 Å². The molecule has 0 radical (unpaired) electrons. The highest BCUT2D eigenvalue weighted by Crippen LogP contribution is 2.32. The molecule has 5 rings (SSSR count). The molecule has 0 aliphatic rings. The number of imidazole rings is 1.